The fourth-order valence-electron chi connectivity index (χ4n) is 1.08. The van der Waals surface area contributed by atoms with E-state index in [0.717, 1.165) is 5.57 Å². The molecule has 0 rings (SSSR count). The second kappa shape index (κ2) is 9.45. The Kier molecular flexibility index (Phi) is 8.28. The smallest absolute Gasteiger partial charge is 0.120 e. The van der Waals surface area contributed by atoms with Gasteiger partial charge in [0.2, 0.25) is 0 Å². The number of ether oxygens (including phenoxy) is 2. The van der Waals surface area contributed by atoms with Crippen LogP contribution in [0.15, 0.2) is 98.0 Å². The first-order valence-electron chi connectivity index (χ1n) is 6.10. The zero-order valence-electron chi connectivity index (χ0n) is 12.3. The van der Waals surface area contributed by atoms with Crippen LogP contribution in [0.4, 0.5) is 0 Å². The first kappa shape index (κ1) is 17.5. The lowest BCUT2D eigenvalue weighted by molar-refractivity contribution is 0.332. The predicted molar refractivity (Wildman–Crippen MR) is 86.6 cm³/mol. The summed E-state index contributed by atoms with van der Waals surface area (Å²) in [6.07, 6.45) is 10.4. The average Bonchev–Trinajstić information content (AvgIpc) is 2.34. The Morgan fingerprint density at radius 2 is 1.00 bits per heavy atom. The zero-order chi connectivity index (χ0) is 15.5. The van der Waals surface area contributed by atoms with Crippen LogP contribution in [-0.2, 0) is 9.47 Å². The van der Waals surface area contributed by atoms with Crippen molar-refractivity contribution < 1.29 is 9.47 Å². The minimum absolute atomic E-state index is 0.433. The lowest BCUT2D eigenvalue weighted by Gasteiger charge is -2.06. The van der Waals surface area contributed by atoms with Crippen LogP contribution in [0.5, 0.6) is 0 Å². The Labute approximate surface area is 122 Å². The predicted octanol–water partition coefficient (Wildman–Crippen LogP) is 5.34. The molecule has 0 fully saturated rings. The first-order chi connectivity index (χ1) is 9.35. The maximum absolute atomic E-state index is 5.37. The molecule has 0 radical (unpaired) electrons. The fourth-order valence-corrected chi connectivity index (χ4v) is 1.08. The molecule has 0 spiro atoms. The minimum Gasteiger partial charge on any atom is -0.459 e. The van der Waals surface area contributed by atoms with Gasteiger partial charge in [-0.05, 0) is 38.2 Å². The summed E-state index contributed by atoms with van der Waals surface area (Å²) in [6, 6.07) is 0. The van der Waals surface area contributed by atoms with Crippen LogP contribution < -0.4 is 0 Å². The molecule has 0 heterocycles. The van der Waals surface area contributed by atoms with Crippen molar-refractivity contribution in [1.29, 1.82) is 0 Å². The van der Waals surface area contributed by atoms with E-state index in [2.05, 4.69) is 32.9 Å². The van der Waals surface area contributed by atoms with Gasteiger partial charge in [-0.3, -0.25) is 0 Å². The first-order valence-corrected chi connectivity index (χ1v) is 6.10. The molecule has 0 N–H and O–H groups in total. The van der Waals surface area contributed by atoms with Crippen molar-refractivity contribution in [2.75, 3.05) is 0 Å². The van der Waals surface area contributed by atoms with Gasteiger partial charge >= 0.3 is 0 Å². The standard InChI is InChI=1S/C18H22O2/c1-8-9-15(4)19-17(6)12-13-18(7)20-16(5)11-10-14(2)3/h8-13H,2,4-7H2,1,3H3/b9-8-,11-10-,13-12-. The van der Waals surface area contributed by atoms with E-state index < -0.39 is 0 Å². The summed E-state index contributed by atoms with van der Waals surface area (Å²) in [5.74, 6) is 1.87. The molecule has 0 aromatic heterocycles. The Morgan fingerprint density at radius 1 is 0.650 bits per heavy atom. The van der Waals surface area contributed by atoms with Gasteiger partial charge in [0.05, 0.1) is 0 Å². The quantitative estimate of drug-likeness (QED) is 0.416. The van der Waals surface area contributed by atoms with Gasteiger partial charge in [0.1, 0.15) is 23.0 Å². The summed E-state index contributed by atoms with van der Waals surface area (Å²) >= 11 is 0. The molecule has 0 aliphatic rings. The van der Waals surface area contributed by atoms with Crippen LogP contribution >= 0.6 is 0 Å². The molecular weight excluding hydrogens is 248 g/mol. The third kappa shape index (κ3) is 9.54. The van der Waals surface area contributed by atoms with Crippen molar-refractivity contribution >= 4 is 0 Å². The Hall–Kier alpha value is -2.48. The highest BCUT2D eigenvalue weighted by Gasteiger charge is 1.95. The molecule has 106 valence electrons. The summed E-state index contributed by atoms with van der Waals surface area (Å²) in [7, 11) is 0. The molecule has 0 saturated carbocycles. The van der Waals surface area contributed by atoms with Crippen molar-refractivity contribution in [3.05, 3.63) is 98.0 Å². The van der Waals surface area contributed by atoms with Crippen LogP contribution in [0, 0.1) is 0 Å². The molecular formula is C18H22O2. The summed E-state index contributed by atoms with van der Waals surface area (Å²) < 4.78 is 10.7. The Morgan fingerprint density at radius 3 is 1.35 bits per heavy atom. The number of hydrogen-bond donors (Lipinski definition) is 0. The molecule has 0 bridgehead atoms. The second-order valence-corrected chi connectivity index (χ2v) is 4.08. The lowest BCUT2D eigenvalue weighted by atomic mass is 10.3. The monoisotopic (exact) mass is 270 g/mol. The van der Waals surface area contributed by atoms with Gasteiger partial charge in [-0.2, -0.15) is 0 Å². The Bertz CT molecular complexity index is 500. The van der Waals surface area contributed by atoms with Gasteiger partial charge in [-0.25, -0.2) is 0 Å². The van der Waals surface area contributed by atoms with E-state index in [0.29, 0.717) is 23.0 Å². The molecule has 0 aromatic rings. The molecule has 0 atom stereocenters. The van der Waals surface area contributed by atoms with Crippen molar-refractivity contribution in [3.63, 3.8) is 0 Å². The summed E-state index contributed by atoms with van der Waals surface area (Å²) in [5.41, 5.74) is 0.917. The molecule has 0 aromatic carbocycles. The van der Waals surface area contributed by atoms with Gasteiger partial charge in [0.15, 0.2) is 0 Å². The van der Waals surface area contributed by atoms with Crippen molar-refractivity contribution in [2.45, 2.75) is 13.8 Å². The van der Waals surface area contributed by atoms with E-state index in [1.54, 1.807) is 24.3 Å². The normalized spacial score (nSPS) is 10.9. The number of rotatable bonds is 9. The van der Waals surface area contributed by atoms with Crippen LogP contribution in [-0.4, -0.2) is 0 Å². The minimum atomic E-state index is 0.433. The molecule has 2 nitrogen and oxygen atoms in total. The van der Waals surface area contributed by atoms with Gasteiger partial charge < -0.3 is 9.47 Å². The van der Waals surface area contributed by atoms with Gasteiger partial charge in [-0.15, -0.1) is 0 Å². The summed E-state index contributed by atoms with van der Waals surface area (Å²) in [6.45, 7) is 22.5. The maximum Gasteiger partial charge on any atom is 0.120 e. The van der Waals surface area contributed by atoms with E-state index in [4.69, 9.17) is 9.47 Å². The molecule has 0 unspecified atom stereocenters. The largest absolute Gasteiger partial charge is 0.459 e. The van der Waals surface area contributed by atoms with Gasteiger partial charge in [0, 0.05) is 0 Å². The zero-order valence-corrected chi connectivity index (χ0v) is 12.3. The molecule has 0 aliphatic carbocycles. The molecule has 0 amide bonds. The summed E-state index contributed by atoms with van der Waals surface area (Å²) in [4.78, 5) is 0. The fraction of sp³-hybridized carbons (Fsp3) is 0.111. The van der Waals surface area contributed by atoms with Gasteiger partial charge in [-0.1, -0.05) is 50.6 Å². The molecule has 2 heteroatoms. The van der Waals surface area contributed by atoms with Crippen LogP contribution in [0.25, 0.3) is 0 Å². The SMILES string of the molecule is C=C(C)/C=C\C(=C)OC(=C)/C=C\C(=C)OC(=C)/C=C\C. The highest BCUT2D eigenvalue weighted by Crippen LogP contribution is 2.10. The molecule has 0 saturated heterocycles. The van der Waals surface area contributed by atoms with E-state index in [1.165, 1.54) is 0 Å². The van der Waals surface area contributed by atoms with Crippen molar-refractivity contribution in [3.8, 4) is 0 Å². The highest BCUT2D eigenvalue weighted by molar-refractivity contribution is 5.24. The summed E-state index contributed by atoms with van der Waals surface area (Å²) in [5, 5.41) is 0. The number of hydrogen-bond acceptors (Lipinski definition) is 2. The van der Waals surface area contributed by atoms with E-state index >= 15 is 0 Å². The van der Waals surface area contributed by atoms with Gasteiger partial charge in [0.25, 0.3) is 0 Å². The highest BCUT2D eigenvalue weighted by atomic mass is 16.5. The van der Waals surface area contributed by atoms with Crippen LogP contribution in [0.3, 0.4) is 0 Å². The average molecular weight is 270 g/mol. The topological polar surface area (TPSA) is 18.5 Å². The third-order valence-electron chi connectivity index (χ3n) is 1.89. The van der Waals surface area contributed by atoms with Crippen LogP contribution in [0.2, 0.25) is 0 Å². The second-order valence-electron chi connectivity index (χ2n) is 4.08. The molecule has 20 heavy (non-hydrogen) atoms. The third-order valence-corrected chi connectivity index (χ3v) is 1.89. The van der Waals surface area contributed by atoms with Crippen molar-refractivity contribution in [2.24, 2.45) is 0 Å². The van der Waals surface area contributed by atoms with Crippen molar-refractivity contribution in [1.82, 2.24) is 0 Å². The van der Waals surface area contributed by atoms with E-state index in [-0.39, 0.29) is 0 Å². The Balaban J connectivity index is 4.29. The van der Waals surface area contributed by atoms with E-state index in [9.17, 15) is 0 Å². The molecule has 0 aliphatic heterocycles. The number of allylic oxidation sites excluding steroid dienone is 7. The van der Waals surface area contributed by atoms with E-state index in [1.807, 2.05) is 26.0 Å². The maximum atomic E-state index is 5.37. The lowest BCUT2D eigenvalue weighted by Crippen LogP contribution is -1.88. The van der Waals surface area contributed by atoms with Crippen LogP contribution in [0.1, 0.15) is 13.8 Å².